The lowest BCUT2D eigenvalue weighted by Gasteiger charge is -2.33. The zero-order valence-electron chi connectivity index (χ0n) is 12.6. The molecule has 0 spiro atoms. The molecule has 0 heterocycles. The third kappa shape index (κ3) is 2.86. The van der Waals surface area contributed by atoms with E-state index >= 15 is 0 Å². The van der Waals surface area contributed by atoms with Crippen molar-refractivity contribution in [3.8, 4) is 0 Å². The highest BCUT2D eigenvalue weighted by Crippen LogP contribution is 2.35. The number of nitrogens with two attached hydrogens (primary N) is 1. The van der Waals surface area contributed by atoms with Gasteiger partial charge in [0, 0.05) is 25.4 Å². The smallest absolute Gasteiger partial charge is 0.259 e. The predicted molar refractivity (Wildman–Crippen MR) is 80.5 cm³/mol. The molecule has 0 aromatic heterocycles. The van der Waals surface area contributed by atoms with Gasteiger partial charge in [0.2, 0.25) is 0 Å². The number of methoxy groups -OCH3 is 1. The van der Waals surface area contributed by atoms with Gasteiger partial charge < -0.3 is 15.4 Å². The molecule has 0 saturated heterocycles. The molecule has 0 bridgehead atoms. The molecule has 1 unspecified atom stereocenters. The van der Waals surface area contributed by atoms with Crippen LogP contribution < -0.4 is 10.6 Å². The molecule has 20 heavy (non-hydrogen) atoms. The van der Waals surface area contributed by atoms with Crippen LogP contribution in [0.5, 0.6) is 0 Å². The average Bonchev–Trinajstić information content (AvgIpc) is 3.32. The van der Waals surface area contributed by atoms with E-state index in [-0.39, 0.29) is 5.91 Å². The first kappa shape index (κ1) is 15.0. The molecule has 1 aromatic rings. The van der Waals surface area contributed by atoms with Crippen LogP contribution in [0.3, 0.4) is 0 Å². The number of nitrogens with zero attached hydrogens (tertiary/aromatic N) is 1. The fourth-order valence-electron chi connectivity index (χ4n) is 2.26. The van der Waals surface area contributed by atoms with Gasteiger partial charge in [-0.2, -0.15) is 0 Å². The largest absolute Gasteiger partial charge is 0.369 e. The molecule has 1 aliphatic rings. The minimum absolute atomic E-state index is 0.0468. The minimum atomic E-state index is -0.755. The van der Waals surface area contributed by atoms with E-state index in [1.807, 2.05) is 43.0 Å². The number of rotatable bonds is 6. The summed E-state index contributed by atoms with van der Waals surface area (Å²) in [6.07, 6.45) is 2.79. The molecule has 2 rings (SSSR count). The lowest BCUT2D eigenvalue weighted by molar-refractivity contribution is -0.139. The Balaban J connectivity index is 2.28. The van der Waals surface area contributed by atoms with Gasteiger partial charge in [-0.3, -0.25) is 4.79 Å². The summed E-state index contributed by atoms with van der Waals surface area (Å²) in [7, 11) is 1.60. The zero-order valence-corrected chi connectivity index (χ0v) is 12.6. The fourth-order valence-corrected chi connectivity index (χ4v) is 2.26. The van der Waals surface area contributed by atoms with Gasteiger partial charge in [-0.05, 0) is 43.9 Å². The van der Waals surface area contributed by atoms with E-state index < -0.39 is 5.60 Å². The second-order valence-electron chi connectivity index (χ2n) is 5.57. The van der Waals surface area contributed by atoms with E-state index in [1.54, 1.807) is 7.11 Å². The van der Waals surface area contributed by atoms with Gasteiger partial charge in [0.25, 0.3) is 5.91 Å². The van der Waals surface area contributed by atoms with Crippen LogP contribution in [0, 0.1) is 0 Å². The summed E-state index contributed by atoms with van der Waals surface area (Å²) in [5, 5.41) is 0. The van der Waals surface area contributed by atoms with E-state index in [4.69, 9.17) is 10.5 Å². The van der Waals surface area contributed by atoms with Crippen molar-refractivity contribution in [1.82, 2.24) is 0 Å². The number of ether oxygens (including phenoxy) is 1. The van der Waals surface area contributed by atoms with Crippen molar-refractivity contribution in [2.45, 2.75) is 51.3 Å². The molecule has 110 valence electrons. The van der Waals surface area contributed by atoms with Gasteiger partial charge in [-0.1, -0.05) is 19.1 Å². The standard InChI is InChI=1S/C16H24N2O2/c1-4-16(2,20-3)15(19)18(14-9-10-14)13-7-5-12(11-17)6-8-13/h5-8,14H,4,9-11,17H2,1-3H3. The minimum Gasteiger partial charge on any atom is -0.369 e. The van der Waals surface area contributed by atoms with E-state index in [0.717, 1.165) is 24.1 Å². The molecule has 1 aliphatic carbocycles. The number of carbonyl (C=O) groups excluding carboxylic acids is 1. The lowest BCUT2D eigenvalue weighted by Crippen LogP contribution is -2.49. The summed E-state index contributed by atoms with van der Waals surface area (Å²) >= 11 is 0. The number of carbonyl (C=O) groups is 1. The van der Waals surface area contributed by atoms with Crippen LogP contribution in [-0.4, -0.2) is 24.7 Å². The van der Waals surface area contributed by atoms with Gasteiger partial charge in [-0.15, -0.1) is 0 Å². The summed E-state index contributed by atoms with van der Waals surface area (Å²) in [4.78, 5) is 14.7. The molecule has 1 atom stereocenters. The van der Waals surface area contributed by atoms with Crippen molar-refractivity contribution in [2.75, 3.05) is 12.0 Å². The first-order valence-corrected chi connectivity index (χ1v) is 7.23. The summed E-state index contributed by atoms with van der Waals surface area (Å²) in [5.74, 6) is 0.0468. The Morgan fingerprint density at radius 3 is 2.40 bits per heavy atom. The quantitative estimate of drug-likeness (QED) is 0.868. The maximum absolute atomic E-state index is 12.8. The highest BCUT2D eigenvalue weighted by Gasteiger charge is 2.42. The van der Waals surface area contributed by atoms with Gasteiger partial charge >= 0.3 is 0 Å². The third-order valence-electron chi connectivity index (χ3n) is 4.16. The van der Waals surface area contributed by atoms with Gasteiger partial charge in [0.05, 0.1) is 0 Å². The van der Waals surface area contributed by atoms with Crippen LogP contribution in [0.1, 0.15) is 38.7 Å². The topological polar surface area (TPSA) is 55.6 Å². The molecule has 1 aromatic carbocycles. The van der Waals surface area contributed by atoms with Crippen molar-refractivity contribution < 1.29 is 9.53 Å². The van der Waals surface area contributed by atoms with Crippen LogP contribution >= 0.6 is 0 Å². The van der Waals surface area contributed by atoms with Crippen LogP contribution in [0.15, 0.2) is 24.3 Å². The Hall–Kier alpha value is -1.39. The summed E-state index contributed by atoms with van der Waals surface area (Å²) in [5.41, 5.74) is 6.87. The van der Waals surface area contributed by atoms with Crippen molar-refractivity contribution >= 4 is 11.6 Å². The molecule has 1 amide bonds. The first-order chi connectivity index (χ1) is 9.55. The molecule has 4 nitrogen and oxygen atoms in total. The van der Waals surface area contributed by atoms with E-state index in [1.165, 1.54) is 0 Å². The number of anilines is 1. The van der Waals surface area contributed by atoms with Crippen molar-refractivity contribution in [3.63, 3.8) is 0 Å². The van der Waals surface area contributed by atoms with Gasteiger partial charge in [-0.25, -0.2) is 0 Å². The highest BCUT2D eigenvalue weighted by atomic mass is 16.5. The Labute approximate surface area is 120 Å². The maximum atomic E-state index is 12.8. The zero-order chi connectivity index (χ0) is 14.8. The van der Waals surface area contributed by atoms with Gasteiger partial charge in [0.1, 0.15) is 5.60 Å². The number of hydrogen-bond acceptors (Lipinski definition) is 3. The van der Waals surface area contributed by atoms with Crippen molar-refractivity contribution in [1.29, 1.82) is 0 Å². The monoisotopic (exact) mass is 276 g/mol. The molecule has 1 saturated carbocycles. The van der Waals surface area contributed by atoms with Crippen molar-refractivity contribution in [2.24, 2.45) is 5.73 Å². The van der Waals surface area contributed by atoms with E-state index in [2.05, 4.69) is 0 Å². The van der Waals surface area contributed by atoms with Crippen LogP contribution in [0.25, 0.3) is 0 Å². The van der Waals surface area contributed by atoms with Crippen LogP contribution in [-0.2, 0) is 16.1 Å². The second-order valence-corrected chi connectivity index (χ2v) is 5.57. The fraction of sp³-hybridized carbons (Fsp3) is 0.562. The first-order valence-electron chi connectivity index (χ1n) is 7.23. The molecule has 0 radical (unpaired) electrons. The Bertz CT molecular complexity index is 462. The maximum Gasteiger partial charge on any atom is 0.259 e. The highest BCUT2D eigenvalue weighted by molar-refractivity contribution is 6.00. The molecular formula is C16H24N2O2. The molecule has 1 fully saturated rings. The van der Waals surface area contributed by atoms with Gasteiger partial charge in [0.15, 0.2) is 0 Å². The third-order valence-corrected chi connectivity index (χ3v) is 4.16. The van der Waals surface area contributed by atoms with Crippen LogP contribution in [0.4, 0.5) is 5.69 Å². The number of benzene rings is 1. The Morgan fingerprint density at radius 1 is 1.40 bits per heavy atom. The molecular weight excluding hydrogens is 252 g/mol. The number of amides is 1. The molecule has 2 N–H and O–H groups in total. The van der Waals surface area contributed by atoms with E-state index in [0.29, 0.717) is 19.0 Å². The summed E-state index contributed by atoms with van der Waals surface area (Å²) in [6.45, 7) is 4.35. The summed E-state index contributed by atoms with van der Waals surface area (Å²) < 4.78 is 5.46. The molecule has 0 aliphatic heterocycles. The number of hydrogen-bond donors (Lipinski definition) is 1. The average molecular weight is 276 g/mol. The predicted octanol–water partition coefficient (Wildman–Crippen LogP) is 2.46. The Morgan fingerprint density at radius 2 is 2.00 bits per heavy atom. The SMILES string of the molecule is CCC(C)(OC)C(=O)N(c1ccc(CN)cc1)C1CC1. The lowest BCUT2D eigenvalue weighted by atomic mass is 10.0. The second kappa shape index (κ2) is 5.94. The summed E-state index contributed by atoms with van der Waals surface area (Å²) in [6, 6.07) is 8.23. The van der Waals surface area contributed by atoms with E-state index in [9.17, 15) is 4.79 Å². The Kier molecular flexibility index (Phi) is 4.45. The van der Waals surface area contributed by atoms with Crippen LogP contribution in [0.2, 0.25) is 0 Å². The normalized spacial score (nSPS) is 17.6. The molecule has 4 heteroatoms. The van der Waals surface area contributed by atoms with Crippen molar-refractivity contribution in [3.05, 3.63) is 29.8 Å².